The summed E-state index contributed by atoms with van der Waals surface area (Å²) in [6.45, 7) is 6.35. The van der Waals surface area contributed by atoms with E-state index in [1.807, 2.05) is 6.20 Å². The maximum Gasteiger partial charge on any atom is 0.199 e. The number of hydrogen-bond donors (Lipinski definition) is 0. The molecule has 0 saturated carbocycles. The Bertz CT molecular complexity index is 479. The number of nitrogens with zero attached hydrogens (tertiary/aromatic N) is 1. The zero-order valence-corrected chi connectivity index (χ0v) is 11.4. The zero-order chi connectivity index (χ0) is 13.0. The average molecular weight is 243 g/mol. The van der Waals surface area contributed by atoms with Crippen molar-refractivity contribution >= 4 is 0 Å². The van der Waals surface area contributed by atoms with Crippen LogP contribution in [0.25, 0.3) is 0 Å². The van der Waals surface area contributed by atoms with E-state index in [2.05, 4.69) is 56.1 Å². The first-order valence-electron chi connectivity index (χ1n) is 6.55. The van der Waals surface area contributed by atoms with E-state index in [9.17, 15) is 0 Å². The molecule has 1 aromatic carbocycles. The first-order chi connectivity index (χ1) is 8.55. The van der Waals surface area contributed by atoms with Crippen LogP contribution in [0.2, 0.25) is 0 Å². The van der Waals surface area contributed by atoms with Crippen LogP contribution in [0.5, 0.6) is 0 Å². The fraction of sp³-hybridized carbons (Fsp3) is 0.438. The van der Waals surface area contributed by atoms with Gasteiger partial charge in [0.2, 0.25) is 0 Å². The monoisotopic (exact) mass is 243 g/mol. The summed E-state index contributed by atoms with van der Waals surface area (Å²) in [5, 5.41) is 0. The number of aryl methyl sites for hydroxylation is 2. The van der Waals surface area contributed by atoms with Gasteiger partial charge in [-0.25, -0.2) is 4.98 Å². The van der Waals surface area contributed by atoms with E-state index in [1.54, 1.807) is 0 Å². The quantitative estimate of drug-likeness (QED) is 0.806. The van der Waals surface area contributed by atoms with E-state index in [0.717, 1.165) is 30.9 Å². The number of hydrogen-bond acceptors (Lipinski definition) is 2. The molecule has 2 heteroatoms. The molecule has 0 radical (unpaired) electrons. The van der Waals surface area contributed by atoms with Crippen molar-refractivity contribution in [3.05, 3.63) is 53.7 Å². The molecule has 1 aromatic heterocycles. The molecule has 0 fully saturated rings. The smallest absolute Gasteiger partial charge is 0.199 e. The summed E-state index contributed by atoms with van der Waals surface area (Å²) in [6.07, 6.45) is 5.01. The van der Waals surface area contributed by atoms with Gasteiger partial charge in [-0.05, 0) is 18.4 Å². The highest BCUT2D eigenvalue weighted by Gasteiger charge is 2.19. The Labute approximate surface area is 109 Å². The van der Waals surface area contributed by atoms with Crippen molar-refractivity contribution in [1.29, 1.82) is 0 Å². The Kier molecular flexibility index (Phi) is 3.85. The standard InChI is InChI=1S/C16H21NO/c1-16(2,3)15-17-12-14(18-15)11-7-10-13-8-5-4-6-9-13/h4-6,8-9,12H,7,10-11H2,1-3H3. The minimum absolute atomic E-state index is 0.00230. The molecule has 18 heavy (non-hydrogen) atoms. The molecule has 0 amide bonds. The lowest BCUT2D eigenvalue weighted by atomic mass is 9.97. The fourth-order valence-corrected chi connectivity index (χ4v) is 1.88. The third kappa shape index (κ3) is 3.46. The van der Waals surface area contributed by atoms with Gasteiger partial charge < -0.3 is 4.42 Å². The first kappa shape index (κ1) is 12.9. The Morgan fingerprint density at radius 2 is 1.78 bits per heavy atom. The van der Waals surface area contributed by atoms with Crippen LogP contribution < -0.4 is 0 Å². The molecular formula is C16H21NO. The Balaban J connectivity index is 1.86. The fourth-order valence-electron chi connectivity index (χ4n) is 1.88. The summed E-state index contributed by atoms with van der Waals surface area (Å²) < 4.78 is 5.77. The third-order valence-electron chi connectivity index (χ3n) is 2.93. The highest BCUT2D eigenvalue weighted by Crippen LogP contribution is 2.22. The number of rotatable bonds is 4. The topological polar surface area (TPSA) is 26.0 Å². The van der Waals surface area contributed by atoms with Gasteiger partial charge in [-0.15, -0.1) is 0 Å². The largest absolute Gasteiger partial charge is 0.445 e. The van der Waals surface area contributed by atoms with Crippen molar-refractivity contribution in [2.24, 2.45) is 0 Å². The predicted molar refractivity (Wildman–Crippen MR) is 73.7 cm³/mol. The zero-order valence-electron chi connectivity index (χ0n) is 11.4. The molecule has 0 aliphatic rings. The second kappa shape index (κ2) is 5.38. The molecule has 1 heterocycles. The van der Waals surface area contributed by atoms with Crippen molar-refractivity contribution < 1.29 is 4.42 Å². The van der Waals surface area contributed by atoms with Crippen LogP contribution >= 0.6 is 0 Å². The molecule has 0 aliphatic heterocycles. The van der Waals surface area contributed by atoms with Gasteiger partial charge in [0, 0.05) is 11.8 Å². The molecule has 0 N–H and O–H groups in total. The van der Waals surface area contributed by atoms with E-state index in [1.165, 1.54) is 5.56 Å². The first-order valence-corrected chi connectivity index (χ1v) is 6.55. The van der Waals surface area contributed by atoms with Crippen molar-refractivity contribution in [2.75, 3.05) is 0 Å². The molecule has 2 nitrogen and oxygen atoms in total. The van der Waals surface area contributed by atoms with Gasteiger partial charge in [-0.1, -0.05) is 51.1 Å². The Morgan fingerprint density at radius 1 is 1.06 bits per heavy atom. The van der Waals surface area contributed by atoms with Crippen LogP contribution in [0.15, 0.2) is 40.9 Å². The van der Waals surface area contributed by atoms with Crippen LogP contribution in [-0.4, -0.2) is 4.98 Å². The molecule has 0 bridgehead atoms. The summed E-state index contributed by atoms with van der Waals surface area (Å²) in [7, 11) is 0. The van der Waals surface area contributed by atoms with Crippen molar-refractivity contribution in [1.82, 2.24) is 4.98 Å². The van der Waals surface area contributed by atoms with Crippen molar-refractivity contribution in [3.8, 4) is 0 Å². The van der Waals surface area contributed by atoms with E-state index in [4.69, 9.17) is 4.42 Å². The minimum Gasteiger partial charge on any atom is -0.445 e. The summed E-state index contributed by atoms with van der Waals surface area (Å²) in [5.74, 6) is 1.83. The normalized spacial score (nSPS) is 11.7. The van der Waals surface area contributed by atoms with Gasteiger partial charge >= 0.3 is 0 Å². The van der Waals surface area contributed by atoms with Crippen LogP contribution in [0.1, 0.15) is 44.4 Å². The molecule has 0 aliphatic carbocycles. The van der Waals surface area contributed by atoms with Crippen LogP contribution in [-0.2, 0) is 18.3 Å². The van der Waals surface area contributed by atoms with E-state index in [0.29, 0.717) is 0 Å². The second-order valence-corrected chi connectivity index (χ2v) is 5.72. The lowest BCUT2D eigenvalue weighted by molar-refractivity contribution is 0.371. The number of benzene rings is 1. The van der Waals surface area contributed by atoms with Gasteiger partial charge in [-0.2, -0.15) is 0 Å². The Morgan fingerprint density at radius 3 is 2.39 bits per heavy atom. The predicted octanol–water partition coefficient (Wildman–Crippen LogP) is 4.15. The van der Waals surface area contributed by atoms with Crippen LogP contribution in [0.4, 0.5) is 0 Å². The van der Waals surface area contributed by atoms with Gasteiger partial charge in [0.05, 0.1) is 6.20 Å². The highest BCUT2D eigenvalue weighted by atomic mass is 16.4. The maximum atomic E-state index is 5.77. The number of aromatic nitrogens is 1. The molecule has 2 aromatic rings. The average Bonchev–Trinajstić information content (AvgIpc) is 2.79. The molecule has 0 unspecified atom stereocenters. The van der Waals surface area contributed by atoms with Crippen molar-refractivity contribution in [3.63, 3.8) is 0 Å². The molecule has 0 atom stereocenters. The van der Waals surface area contributed by atoms with Crippen molar-refractivity contribution in [2.45, 2.75) is 45.4 Å². The van der Waals surface area contributed by atoms with Gasteiger partial charge in [-0.3, -0.25) is 0 Å². The summed E-state index contributed by atoms with van der Waals surface area (Å²) >= 11 is 0. The van der Waals surface area contributed by atoms with E-state index < -0.39 is 0 Å². The van der Waals surface area contributed by atoms with Gasteiger partial charge in [0.25, 0.3) is 0 Å². The molecular weight excluding hydrogens is 222 g/mol. The van der Waals surface area contributed by atoms with Crippen LogP contribution in [0, 0.1) is 0 Å². The third-order valence-corrected chi connectivity index (χ3v) is 2.93. The van der Waals surface area contributed by atoms with E-state index >= 15 is 0 Å². The highest BCUT2D eigenvalue weighted by molar-refractivity contribution is 5.14. The summed E-state index contributed by atoms with van der Waals surface area (Å²) in [6, 6.07) is 10.6. The van der Waals surface area contributed by atoms with Gasteiger partial charge in [0.1, 0.15) is 5.76 Å². The SMILES string of the molecule is CC(C)(C)c1ncc(CCCc2ccccc2)o1. The Hall–Kier alpha value is -1.57. The van der Waals surface area contributed by atoms with Gasteiger partial charge in [0.15, 0.2) is 5.89 Å². The molecule has 96 valence electrons. The van der Waals surface area contributed by atoms with E-state index in [-0.39, 0.29) is 5.41 Å². The lowest BCUT2D eigenvalue weighted by Gasteiger charge is -2.12. The van der Waals surface area contributed by atoms with Crippen LogP contribution in [0.3, 0.4) is 0 Å². The second-order valence-electron chi connectivity index (χ2n) is 5.72. The summed E-state index contributed by atoms with van der Waals surface area (Å²) in [4.78, 5) is 4.35. The minimum atomic E-state index is -0.00230. The molecule has 0 spiro atoms. The molecule has 0 saturated heterocycles. The summed E-state index contributed by atoms with van der Waals surface area (Å²) in [5.41, 5.74) is 1.38. The number of oxazole rings is 1. The maximum absolute atomic E-state index is 5.77. The molecule has 2 rings (SSSR count). The lowest BCUT2D eigenvalue weighted by Crippen LogP contribution is -2.10.